The smallest absolute Gasteiger partial charge is 0.313 e. The highest BCUT2D eigenvalue weighted by molar-refractivity contribution is 6.42. The van der Waals surface area contributed by atoms with Gasteiger partial charge in [-0.05, 0) is 6.07 Å². The number of para-hydroxylation sites is 1. The third-order valence-electron chi connectivity index (χ3n) is 2.56. The molecule has 104 valence electrons. The van der Waals surface area contributed by atoms with Crippen LogP contribution in [0.4, 0.5) is 5.69 Å². The number of benzene rings is 2. The van der Waals surface area contributed by atoms with Crippen LogP contribution in [0.2, 0.25) is 10.0 Å². The van der Waals surface area contributed by atoms with E-state index in [0.717, 1.165) is 6.07 Å². The van der Waals surface area contributed by atoms with Gasteiger partial charge in [0.2, 0.25) is 5.75 Å². The molecular formula is C13H9Cl2NO4. The van der Waals surface area contributed by atoms with Crippen LogP contribution in [0.5, 0.6) is 11.5 Å². The first-order chi connectivity index (χ1) is 9.52. The molecule has 0 aromatic heterocycles. The first kappa shape index (κ1) is 14.6. The molecule has 0 amide bonds. The van der Waals surface area contributed by atoms with E-state index in [-0.39, 0.29) is 28.1 Å². The number of rotatable bonds is 4. The summed E-state index contributed by atoms with van der Waals surface area (Å²) < 4.78 is 5.48. The van der Waals surface area contributed by atoms with E-state index in [4.69, 9.17) is 27.9 Å². The number of halogens is 2. The lowest BCUT2D eigenvalue weighted by molar-refractivity contribution is -0.385. The summed E-state index contributed by atoms with van der Waals surface area (Å²) in [4.78, 5) is 10.4. The standard InChI is InChI=1S/C13H9Cl2NO4/c14-9-5-11(16(18)19)13(6-10(9)15)20-12-4-2-1-3-8(12)7-17/h1-6,17H,7H2. The van der Waals surface area contributed by atoms with E-state index in [2.05, 4.69) is 0 Å². The van der Waals surface area contributed by atoms with E-state index in [1.165, 1.54) is 6.07 Å². The second-order valence-corrected chi connectivity index (χ2v) is 4.67. The van der Waals surface area contributed by atoms with Gasteiger partial charge in [0.1, 0.15) is 5.75 Å². The van der Waals surface area contributed by atoms with Crippen molar-refractivity contribution in [2.45, 2.75) is 6.61 Å². The summed E-state index contributed by atoms with van der Waals surface area (Å²) in [6, 6.07) is 9.06. The monoisotopic (exact) mass is 313 g/mol. The van der Waals surface area contributed by atoms with Gasteiger partial charge in [0.15, 0.2) is 0 Å². The van der Waals surface area contributed by atoms with E-state index in [1.807, 2.05) is 0 Å². The van der Waals surface area contributed by atoms with Gasteiger partial charge in [0.25, 0.3) is 0 Å². The molecule has 0 aliphatic heterocycles. The van der Waals surface area contributed by atoms with Crippen molar-refractivity contribution in [2.75, 3.05) is 0 Å². The number of nitro groups is 1. The third-order valence-corrected chi connectivity index (χ3v) is 3.28. The van der Waals surface area contributed by atoms with E-state index < -0.39 is 4.92 Å². The van der Waals surface area contributed by atoms with E-state index in [0.29, 0.717) is 11.3 Å². The molecule has 2 rings (SSSR count). The predicted molar refractivity (Wildman–Crippen MR) is 75.6 cm³/mol. The van der Waals surface area contributed by atoms with Crippen molar-refractivity contribution in [2.24, 2.45) is 0 Å². The largest absolute Gasteiger partial charge is 0.450 e. The lowest BCUT2D eigenvalue weighted by Gasteiger charge is -2.10. The van der Waals surface area contributed by atoms with Crippen molar-refractivity contribution >= 4 is 28.9 Å². The van der Waals surface area contributed by atoms with Crippen LogP contribution in [-0.2, 0) is 6.61 Å². The van der Waals surface area contributed by atoms with Crippen LogP contribution >= 0.6 is 23.2 Å². The first-order valence-electron chi connectivity index (χ1n) is 5.53. The summed E-state index contributed by atoms with van der Waals surface area (Å²) >= 11 is 11.6. The summed E-state index contributed by atoms with van der Waals surface area (Å²) in [6.07, 6.45) is 0. The second-order valence-electron chi connectivity index (χ2n) is 3.86. The van der Waals surface area contributed by atoms with Crippen LogP contribution in [0, 0.1) is 10.1 Å². The highest BCUT2D eigenvalue weighted by atomic mass is 35.5. The highest BCUT2D eigenvalue weighted by Crippen LogP contribution is 2.38. The molecule has 0 fully saturated rings. The third kappa shape index (κ3) is 3.01. The lowest BCUT2D eigenvalue weighted by atomic mass is 10.2. The maximum absolute atomic E-state index is 11.0. The molecule has 5 nitrogen and oxygen atoms in total. The molecule has 0 spiro atoms. The number of aliphatic hydroxyl groups is 1. The van der Waals surface area contributed by atoms with E-state index in [1.54, 1.807) is 24.3 Å². The van der Waals surface area contributed by atoms with Gasteiger partial charge in [0.05, 0.1) is 21.6 Å². The van der Waals surface area contributed by atoms with Crippen LogP contribution in [0.1, 0.15) is 5.56 Å². The fraction of sp³-hybridized carbons (Fsp3) is 0.0769. The zero-order valence-corrected chi connectivity index (χ0v) is 11.6. The minimum atomic E-state index is -0.612. The number of hydrogen-bond acceptors (Lipinski definition) is 4. The Hall–Kier alpha value is -1.82. The van der Waals surface area contributed by atoms with Crippen LogP contribution < -0.4 is 4.74 Å². The molecule has 0 atom stereocenters. The highest BCUT2D eigenvalue weighted by Gasteiger charge is 2.19. The minimum Gasteiger partial charge on any atom is -0.450 e. The number of hydrogen-bond donors (Lipinski definition) is 1. The summed E-state index contributed by atoms with van der Waals surface area (Å²) in [5.41, 5.74) is 0.208. The van der Waals surface area contributed by atoms with Crippen molar-refractivity contribution in [1.29, 1.82) is 0 Å². The quantitative estimate of drug-likeness (QED) is 0.678. The maximum Gasteiger partial charge on any atom is 0.313 e. The van der Waals surface area contributed by atoms with Gasteiger partial charge in [-0.25, -0.2) is 0 Å². The minimum absolute atomic E-state index is 0.0368. The molecule has 0 saturated carbocycles. The average Bonchev–Trinajstić information content (AvgIpc) is 2.43. The summed E-state index contributed by atoms with van der Waals surface area (Å²) in [7, 11) is 0. The fourth-order valence-corrected chi connectivity index (χ4v) is 1.91. The molecule has 7 heteroatoms. The normalized spacial score (nSPS) is 10.3. The van der Waals surface area contributed by atoms with Gasteiger partial charge < -0.3 is 9.84 Å². The SMILES string of the molecule is O=[N+]([O-])c1cc(Cl)c(Cl)cc1Oc1ccccc1CO. The van der Waals surface area contributed by atoms with Crippen LogP contribution in [0.25, 0.3) is 0 Å². The molecule has 0 heterocycles. The van der Waals surface area contributed by atoms with E-state index in [9.17, 15) is 15.2 Å². The Balaban J connectivity index is 2.47. The van der Waals surface area contributed by atoms with Gasteiger partial charge >= 0.3 is 5.69 Å². The molecule has 0 bridgehead atoms. The van der Waals surface area contributed by atoms with Crippen molar-refractivity contribution < 1.29 is 14.8 Å². The van der Waals surface area contributed by atoms with Crippen LogP contribution in [0.3, 0.4) is 0 Å². The van der Waals surface area contributed by atoms with Crippen molar-refractivity contribution in [1.82, 2.24) is 0 Å². The number of aliphatic hydroxyl groups excluding tert-OH is 1. The predicted octanol–water partition coefficient (Wildman–Crippen LogP) is 4.19. The van der Waals surface area contributed by atoms with Gasteiger partial charge in [0, 0.05) is 17.7 Å². The Morgan fingerprint density at radius 2 is 1.80 bits per heavy atom. The van der Waals surface area contributed by atoms with Gasteiger partial charge in [-0.2, -0.15) is 0 Å². The van der Waals surface area contributed by atoms with Crippen molar-refractivity contribution in [3.63, 3.8) is 0 Å². The topological polar surface area (TPSA) is 72.6 Å². The zero-order valence-electron chi connectivity index (χ0n) is 10.0. The summed E-state index contributed by atoms with van der Waals surface area (Å²) in [5.74, 6) is 0.279. The maximum atomic E-state index is 11.0. The summed E-state index contributed by atoms with van der Waals surface area (Å²) in [6.45, 7) is -0.245. The molecule has 0 unspecified atom stereocenters. The molecule has 1 N–H and O–H groups in total. The molecule has 2 aromatic carbocycles. The average molecular weight is 314 g/mol. The number of ether oxygens (including phenoxy) is 1. The van der Waals surface area contributed by atoms with Crippen molar-refractivity contribution in [3.05, 3.63) is 62.1 Å². The second kappa shape index (κ2) is 6.09. The molecule has 2 aromatic rings. The van der Waals surface area contributed by atoms with Gasteiger partial charge in [-0.1, -0.05) is 41.4 Å². The Morgan fingerprint density at radius 1 is 1.15 bits per heavy atom. The Morgan fingerprint density at radius 3 is 2.45 bits per heavy atom. The Bertz CT molecular complexity index is 661. The molecule has 20 heavy (non-hydrogen) atoms. The number of nitro benzene ring substituents is 1. The van der Waals surface area contributed by atoms with E-state index >= 15 is 0 Å². The van der Waals surface area contributed by atoms with Crippen LogP contribution in [0.15, 0.2) is 36.4 Å². The van der Waals surface area contributed by atoms with Gasteiger partial charge in [-0.15, -0.1) is 0 Å². The fourth-order valence-electron chi connectivity index (χ4n) is 1.59. The Kier molecular flexibility index (Phi) is 4.44. The number of nitrogens with zero attached hydrogens (tertiary/aromatic N) is 1. The molecule has 0 aliphatic rings. The Labute approximate surface area is 124 Å². The summed E-state index contributed by atoms with van der Waals surface area (Å²) in [5, 5.41) is 20.4. The molecule has 0 radical (unpaired) electrons. The molecular weight excluding hydrogens is 305 g/mol. The molecule has 0 aliphatic carbocycles. The first-order valence-corrected chi connectivity index (χ1v) is 6.28. The van der Waals surface area contributed by atoms with Crippen LogP contribution in [-0.4, -0.2) is 10.0 Å². The van der Waals surface area contributed by atoms with Gasteiger partial charge in [-0.3, -0.25) is 10.1 Å². The molecule has 0 saturated heterocycles. The lowest BCUT2D eigenvalue weighted by Crippen LogP contribution is -1.96. The van der Waals surface area contributed by atoms with Crippen molar-refractivity contribution in [3.8, 4) is 11.5 Å². The zero-order chi connectivity index (χ0) is 14.7.